The first kappa shape index (κ1) is 27.1. The molecule has 0 radical (unpaired) electrons. The molecule has 2 aromatic carbocycles. The number of para-hydroxylation sites is 1. The van der Waals surface area contributed by atoms with Crippen molar-refractivity contribution in [2.45, 2.75) is 90.9 Å². The second-order valence-electron chi connectivity index (χ2n) is 11.4. The van der Waals surface area contributed by atoms with Crippen molar-refractivity contribution in [3.05, 3.63) is 66.1 Å². The minimum atomic E-state index is -0.843. The molecule has 3 aromatic rings. The van der Waals surface area contributed by atoms with Gasteiger partial charge in [0.05, 0.1) is 18.6 Å². The van der Waals surface area contributed by atoms with Crippen LogP contribution in [0.2, 0.25) is 0 Å². The highest BCUT2D eigenvalue weighted by molar-refractivity contribution is 6.01. The number of carbonyl (C=O) groups is 1. The van der Waals surface area contributed by atoms with Gasteiger partial charge in [0, 0.05) is 34.6 Å². The van der Waals surface area contributed by atoms with E-state index < -0.39 is 11.4 Å². The van der Waals surface area contributed by atoms with Crippen LogP contribution in [0.3, 0.4) is 0 Å². The summed E-state index contributed by atoms with van der Waals surface area (Å²) in [7, 11) is 0. The lowest BCUT2D eigenvalue weighted by Gasteiger charge is -2.39. The maximum atomic E-state index is 13.8. The summed E-state index contributed by atoms with van der Waals surface area (Å²) in [6.45, 7) is 13.6. The van der Waals surface area contributed by atoms with E-state index in [1.807, 2.05) is 65.0 Å². The quantitative estimate of drug-likeness (QED) is 0.321. The third-order valence-corrected chi connectivity index (χ3v) is 6.26. The van der Waals surface area contributed by atoms with Crippen LogP contribution >= 0.6 is 0 Å². The number of hydrogen-bond donors (Lipinski definition) is 0. The summed E-state index contributed by atoms with van der Waals surface area (Å²) < 4.78 is 33.8. The molecule has 0 aliphatic carbocycles. The molecule has 1 aromatic heterocycles. The molecule has 6 heteroatoms. The van der Waals surface area contributed by atoms with Crippen LogP contribution in [0, 0.1) is 5.82 Å². The second kappa shape index (κ2) is 10.4. The Morgan fingerprint density at radius 2 is 1.81 bits per heavy atom. The summed E-state index contributed by atoms with van der Waals surface area (Å²) >= 11 is 0. The van der Waals surface area contributed by atoms with Crippen molar-refractivity contribution in [2.24, 2.45) is 0 Å². The van der Waals surface area contributed by atoms with E-state index in [9.17, 15) is 9.18 Å². The van der Waals surface area contributed by atoms with Gasteiger partial charge in [-0.25, -0.2) is 4.39 Å². The second-order valence-corrected chi connectivity index (χ2v) is 11.4. The molecule has 4 rings (SSSR count). The molecule has 0 saturated carbocycles. The van der Waals surface area contributed by atoms with E-state index in [0.717, 1.165) is 27.7 Å². The fraction of sp³-hybridized carbons (Fsp3) is 0.452. The molecule has 2 atom stereocenters. The monoisotopic (exact) mass is 507 g/mol. The fourth-order valence-electron chi connectivity index (χ4n) is 5.08. The van der Waals surface area contributed by atoms with Gasteiger partial charge in [0.25, 0.3) is 0 Å². The zero-order chi connectivity index (χ0) is 27.0. The van der Waals surface area contributed by atoms with Gasteiger partial charge in [-0.15, -0.1) is 0 Å². The number of rotatable bonds is 6. The Morgan fingerprint density at radius 3 is 2.46 bits per heavy atom. The highest BCUT2D eigenvalue weighted by Gasteiger charge is 2.36. The maximum absolute atomic E-state index is 13.8. The molecule has 1 saturated heterocycles. The Kier molecular flexibility index (Phi) is 7.63. The van der Waals surface area contributed by atoms with Gasteiger partial charge in [-0.2, -0.15) is 0 Å². The van der Waals surface area contributed by atoms with Crippen LogP contribution in [-0.4, -0.2) is 34.1 Å². The molecule has 37 heavy (non-hydrogen) atoms. The molecule has 2 heterocycles. The molecular formula is C31H38FNO4. The molecule has 0 N–H and O–H groups in total. The first-order chi connectivity index (χ1) is 17.3. The molecule has 1 aliphatic rings. The number of nitrogens with zero attached hydrogens (tertiary/aromatic N) is 1. The Bertz CT molecular complexity index is 1280. The van der Waals surface area contributed by atoms with E-state index in [0.29, 0.717) is 6.42 Å². The van der Waals surface area contributed by atoms with Gasteiger partial charge in [0.15, 0.2) is 5.79 Å². The summed E-state index contributed by atoms with van der Waals surface area (Å²) in [5.74, 6) is -1.39. The van der Waals surface area contributed by atoms with Gasteiger partial charge in [-0.1, -0.05) is 36.4 Å². The van der Waals surface area contributed by atoms with Crippen molar-refractivity contribution >= 4 is 22.9 Å². The van der Waals surface area contributed by atoms with Crippen molar-refractivity contribution in [2.75, 3.05) is 0 Å². The number of esters is 1. The molecule has 5 nitrogen and oxygen atoms in total. The van der Waals surface area contributed by atoms with Crippen LogP contribution in [0.4, 0.5) is 4.39 Å². The Balaban J connectivity index is 1.70. The summed E-state index contributed by atoms with van der Waals surface area (Å²) in [6.07, 6.45) is 4.27. The van der Waals surface area contributed by atoms with E-state index in [4.69, 9.17) is 14.2 Å². The summed E-state index contributed by atoms with van der Waals surface area (Å²) in [5.41, 5.74) is 3.61. The van der Waals surface area contributed by atoms with Crippen molar-refractivity contribution in [1.29, 1.82) is 0 Å². The van der Waals surface area contributed by atoms with Gasteiger partial charge in [-0.05, 0) is 78.3 Å². The van der Waals surface area contributed by atoms with Crippen LogP contribution in [0.5, 0.6) is 0 Å². The van der Waals surface area contributed by atoms with E-state index in [2.05, 4.69) is 36.6 Å². The molecule has 0 spiro atoms. The van der Waals surface area contributed by atoms with Crippen molar-refractivity contribution < 1.29 is 23.4 Å². The number of aromatic nitrogens is 1. The Labute approximate surface area is 219 Å². The summed E-state index contributed by atoms with van der Waals surface area (Å²) in [5, 5.41) is 1.11. The average Bonchev–Trinajstić information content (AvgIpc) is 3.10. The SMILES string of the molecule is CC(C)n1c(C=CC2CC(CC(=O)OC(C)(C)C)OC(C)(C)O2)c(-c2ccc(F)cc2)c2ccccc21. The third-order valence-electron chi connectivity index (χ3n) is 6.26. The molecule has 0 bridgehead atoms. The van der Waals surface area contributed by atoms with E-state index in [-0.39, 0.29) is 36.5 Å². The molecule has 1 aliphatic heterocycles. The predicted octanol–water partition coefficient (Wildman–Crippen LogP) is 7.68. The van der Waals surface area contributed by atoms with E-state index >= 15 is 0 Å². The lowest BCUT2D eigenvalue weighted by Crippen LogP contribution is -2.45. The number of ether oxygens (including phenoxy) is 3. The standard InChI is InChI=1S/C31H38FNO4/c1-20(2)33-26-11-9-8-10-25(26)29(21-12-14-22(32)15-13-21)27(33)17-16-23-18-24(36-31(6,7)35-23)19-28(34)37-30(3,4)5/h8-17,20,23-24H,18-19H2,1-7H3. The lowest BCUT2D eigenvalue weighted by molar-refractivity contribution is -0.290. The maximum Gasteiger partial charge on any atom is 0.308 e. The minimum absolute atomic E-state index is 0.168. The zero-order valence-electron chi connectivity index (χ0n) is 22.9. The highest BCUT2D eigenvalue weighted by atomic mass is 19.1. The van der Waals surface area contributed by atoms with Gasteiger partial charge in [0.2, 0.25) is 0 Å². The normalized spacial score (nSPS) is 20.1. The number of fused-ring (bicyclic) bond motifs is 1. The van der Waals surface area contributed by atoms with Crippen LogP contribution in [0.1, 0.15) is 73.0 Å². The van der Waals surface area contributed by atoms with Crippen molar-refractivity contribution in [3.63, 3.8) is 0 Å². The lowest BCUT2D eigenvalue weighted by atomic mass is 10.0. The van der Waals surface area contributed by atoms with Gasteiger partial charge in [0.1, 0.15) is 11.4 Å². The molecule has 2 unspecified atom stereocenters. The number of benzene rings is 2. The highest BCUT2D eigenvalue weighted by Crippen LogP contribution is 2.38. The smallest absolute Gasteiger partial charge is 0.308 e. The number of carbonyl (C=O) groups excluding carboxylic acids is 1. The average molecular weight is 508 g/mol. The largest absolute Gasteiger partial charge is 0.460 e. The molecular weight excluding hydrogens is 469 g/mol. The van der Waals surface area contributed by atoms with Crippen LogP contribution in [-0.2, 0) is 19.0 Å². The number of halogens is 1. The summed E-state index contributed by atoms with van der Waals surface area (Å²) in [6, 6.07) is 15.1. The van der Waals surface area contributed by atoms with Crippen molar-refractivity contribution in [3.8, 4) is 11.1 Å². The fourth-order valence-corrected chi connectivity index (χ4v) is 5.08. The van der Waals surface area contributed by atoms with E-state index in [1.54, 1.807) is 0 Å². The van der Waals surface area contributed by atoms with Crippen LogP contribution in [0.15, 0.2) is 54.6 Å². The zero-order valence-corrected chi connectivity index (χ0v) is 22.9. The van der Waals surface area contributed by atoms with Gasteiger partial charge in [-0.3, -0.25) is 4.79 Å². The topological polar surface area (TPSA) is 49.7 Å². The predicted molar refractivity (Wildman–Crippen MR) is 146 cm³/mol. The first-order valence-corrected chi connectivity index (χ1v) is 13.0. The molecule has 0 amide bonds. The van der Waals surface area contributed by atoms with Crippen molar-refractivity contribution in [1.82, 2.24) is 4.57 Å². The minimum Gasteiger partial charge on any atom is -0.460 e. The molecule has 198 valence electrons. The van der Waals surface area contributed by atoms with Gasteiger partial charge >= 0.3 is 5.97 Å². The number of hydrogen-bond acceptors (Lipinski definition) is 4. The first-order valence-electron chi connectivity index (χ1n) is 13.0. The third kappa shape index (κ3) is 6.49. The van der Waals surface area contributed by atoms with Crippen LogP contribution in [0.25, 0.3) is 28.1 Å². The van der Waals surface area contributed by atoms with Crippen LogP contribution < -0.4 is 0 Å². The van der Waals surface area contributed by atoms with Gasteiger partial charge < -0.3 is 18.8 Å². The molecule has 1 fully saturated rings. The van der Waals surface area contributed by atoms with E-state index in [1.165, 1.54) is 12.1 Å². The Hall–Kier alpha value is -2.96. The Morgan fingerprint density at radius 1 is 1.14 bits per heavy atom. The summed E-state index contributed by atoms with van der Waals surface area (Å²) in [4.78, 5) is 12.5.